The van der Waals surface area contributed by atoms with Gasteiger partial charge in [0.1, 0.15) is 6.54 Å². The van der Waals surface area contributed by atoms with Crippen molar-refractivity contribution in [3.8, 4) is 5.75 Å². The average molecular weight is 300 g/mol. The van der Waals surface area contributed by atoms with Crippen LogP contribution in [0.3, 0.4) is 0 Å². The van der Waals surface area contributed by atoms with E-state index in [-0.39, 0.29) is 11.4 Å². The highest BCUT2D eigenvalue weighted by Gasteiger charge is 2.29. The third-order valence-electron chi connectivity index (χ3n) is 2.84. The van der Waals surface area contributed by atoms with Crippen LogP contribution in [-0.4, -0.2) is 35.2 Å². The molecule has 1 rings (SSSR count). The molecule has 0 amide bonds. The van der Waals surface area contributed by atoms with Gasteiger partial charge in [-0.25, -0.2) is 4.39 Å². The number of anilines is 1. The molecule has 0 atom stereocenters. The quantitative estimate of drug-likeness (QED) is 0.663. The van der Waals surface area contributed by atoms with Crippen LogP contribution < -0.4 is 9.64 Å². The first-order chi connectivity index (χ1) is 9.57. The zero-order valence-corrected chi connectivity index (χ0v) is 12.2. The lowest BCUT2D eigenvalue weighted by molar-refractivity contribution is -0.385. The lowest BCUT2D eigenvalue weighted by Crippen LogP contribution is -2.45. The summed E-state index contributed by atoms with van der Waals surface area (Å²) in [6.07, 6.45) is 0. The zero-order chi connectivity index (χ0) is 16.4. The Hall–Kier alpha value is -2.38. The van der Waals surface area contributed by atoms with Crippen LogP contribution in [-0.2, 0) is 4.79 Å². The second-order valence-electron chi connectivity index (χ2n) is 5.38. The van der Waals surface area contributed by atoms with Crippen LogP contribution in [0.5, 0.6) is 5.75 Å². The number of hydrogen-bond donors (Lipinski definition) is 1. The number of ether oxygens (including phenoxy) is 1. The highest BCUT2D eigenvalue weighted by Crippen LogP contribution is 2.36. The third-order valence-corrected chi connectivity index (χ3v) is 2.84. The number of carboxylic acids is 1. The number of nitro benzene ring substituents is 1. The summed E-state index contributed by atoms with van der Waals surface area (Å²) in [5, 5.41) is 19.8. The van der Waals surface area contributed by atoms with Gasteiger partial charge in [-0.1, -0.05) is 0 Å². The van der Waals surface area contributed by atoms with Crippen molar-refractivity contribution in [1.29, 1.82) is 0 Å². The van der Waals surface area contributed by atoms with Crippen molar-refractivity contribution in [1.82, 2.24) is 0 Å². The van der Waals surface area contributed by atoms with Gasteiger partial charge in [-0.15, -0.1) is 0 Å². The van der Waals surface area contributed by atoms with Gasteiger partial charge in [0.05, 0.1) is 23.8 Å². The number of rotatable bonds is 5. The van der Waals surface area contributed by atoms with Gasteiger partial charge >= 0.3 is 11.7 Å². The molecule has 8 heteroatoms. The Bertz CT molecular complexity index is 568. The largest absolute Gasteiger partial charge is 0.490 e. The maximum absolute atomic E-state index is 14.2. The molecule has 1 N–H and O–H groups in total. The van der Waals surface area contributed by atoms with E-state index in [0.29, 0.717) is 0 Å². The molecule has 0 saturated carbocycles. The molecule has 1 aromatic carbocycles. The van der Waals surface area contributed by atoms with Crippen LogP contribution in [0.4, 0.5) is 15.8 Å². The Balaban J connectivity index is 3.45. The van der Waals surface area contributed by atoms with Gasteiger partial charge < -0.3 is 14.7 Å². The Labute approximate surface area is 121 Å². The van der Waals surface area contributed by atoms with E-state index in [1.54, 1.807) is 20.8 Å². The summed E-state index contributed by atoms with van der Waals surface area (Å²) in [6.45, 7) is 4.69. The Morgan fingerprint density at radius 2 is 2.05 bits per heavy atom. The fourth-order valence-corrected chi connectivity index (χ4v) is 1.86. The molecular formula is C13H17FN2O5. The SMILES string of the molecule is COc1cc(N(CC(=O)O)C(C)(C)C)c(F)cc1[N+](=O)[O-]. The van der Waals surface area contributed by atoms with Gasteiger partial charge in [0.15, 0.2) is 11.6 Å². The number of nitro groups is 1. The fourth-order valence-electron chi connectivity index (χ4n) is 1.86. The highest BCUT2D eigenvalue weighted by atomic mass is 19.1. The van der Waals surface area contributed by atoms with Crippen molar-refractivity contribution in [2.45, 2.75) is 26.3 Å². The van der Waals surface area contributed by atoms with E-state index in [4.69, 9.17) is 9.84 Å². The van der Waals surface area contributed by atoms with Gasteiger partial charge in [0.25, 0.3) is 0 Å². The molecule has 0 heterocycles. The zero-order valence-electron chi connectivity index (χ0n) is 12.2. The molecule has 0 bridgehead atoms. The molecule has 0 saturated heterocycles. The summed E-state index contributed by atoms with van der Waals surface area (Å²) >= 11 is 0. The molecule has 1 aromatic rings. The molecular weight excluding hydrogens is 283 g/mol. The predicted octanol–water partition coefficient (Wildman–Crippen LogP) is 2.43. The maximum atomic E-state index is 14.2. The van der Waals surface area contributed by atoms with Crippen LogP contribution in [0.2, 0.25) is 0 Å². The van der Waals surface area contributed by atoms with Crippen molar-refractivity contribution >= 4 is 17.3 Å². The normalized spacial score (nSPS) is 11.1. The van der Waals surface area contributed by atoms with Gasteiger partial charge in [-0.3, -0.25) is 14.9 Å². The molecule has 0 spiro atoms. The summed E-state index contributed by atoms with van der Waals surface area (Å²) in [4.78, 5) is 22.3. The van der Waals surface area contributed by atoms with E-state index in [2.05, 4.69) is 0 Å². The molecule has 0 fully saturated rings. The highest BCUT2D eigenvalue weighted by molar-refractivity contribution is 5.75. The standard InChI is InChI=1S/C13H17FN2O5/c1-13(2,3)15(7-12(17)18)9-6-11(21-4)10(16(19)20)5-8(9)14/h5-6H,7H2,1-4H3,(H,17,18). The van der Waals surface area contributed by atoms with E-state index in [0.717, 1.165) is 12.1 Å². The van der Waals surface area contributed by atoms with E-state index < -0.39 is 34.5 Å². The number of hydrogen-bond acceptors (Lipinski definition) is 5. The van der Waals surface area contributed by atoms with Crippen molar-refractivity contribution in [2.24, 2.45) is 0 Å². The average Bonchev–Trinajstić information content (AvgIpc) is 2.34. The van der Waals surface area contributed by atoms with Gasteiger partial charge in [-0.2, -0.15) is 0 Å². The molecule has 0 aromatic heterocycles. The first-order valence-corrected chi connectivity index (χ1v) is 6.09. The first kappa shape index (κ1) is 16.7. The van der Waals surface area contributed by atoms with Crippen LogP contribution in [0.1, 0.15) is 20.8 Å². The number of aliphatic carboxylic acids is 1. The summed E-state index contributed by atoms with van der Waals surface area (Å²) in [7, 11) is 1.22. The topological polar surface area (TPSA) is 92.9 Å². The van der Waals surface area contributed by atoms with Crippen molar-refractivity contribution in [3.05, 3.63) is 28.1 Å². The number of halogens is 1. The van der Waals surface area contributed by atoms with Crippen molar-refractivity contribution in [2.75, 3.05) is 18.6 Å². The Morgan fingerprint density at radius 3 is 2.43 bits per heavy atom. The molecule has 0 unspecified atom stereocenters. The second-order valence-corrected chi connectivity index (χ2v) is 5.38. The van der Waals surface area contributed by atoms with Gasteiger partial charge in [0.2, 0.25) is 0 Å². The number of benzene rings is 1. The molecule has 21 heavy (non-hydrogen) atoms. The second kappa shape index (κ2) is 5.94. The summed E-state index contributed by atoms with van der Waals surface area (Å²) < 4.78 is 19.1. The minimum absolute atomic E-state index is 0.0626. The number of carboxylic acid groups (broad SMARTS) is 1. The third kappa shape index (κ3) is 3.80. The Kier molecular flexibility index (Phi) is 4.72. The lowest BCUT2D eigenvalue weighted by atomic mass is 10.0. The van der Waals surface area contributed by atoms with Crippen LogP contribution >= 0.6 is 0 Å². The molecule has 0 aliphatic heterocycles. The minimum Gasteiger partial charge on any atom is -0.490 e. The predicted molar refractivity (Wildman–Crippen MR) is 74.3 cm³/mol. The summed E-state index contributed by atoms with van der Waals surface area (Å²) in [5.41, 5.74) is -1.27. The number of carbonyl (C=O) groups is 1. The van der Waals surface area contributed by atoms with Crippen molar-refractivity contribution < 1.29 is 24.0 Å². The van der Waals surface area contributed by atoms with E-state index in [1.165, 1.54) is 12.0 Å². The Morgan fingerprint density at radius 1 is 1.48 bits per heavy atom. The number of methoxy groups -OCH3 is 1. The first-order valence-electron chi connectivity index (χ1n) is 6.09. The number of nitrogens with zero attached hydrogens (tertiary/aromatic N) is 2. The maximum Gasteiger partial charge on any atom is 0.323 e. The van der Waals surface area contributed by atoms with E-state index >= 15 is 0 Å². The van der Waals surface area contributed by atoms with Gasteiger partial charge in [0, 0.05) is 11.6 Å². The van der Waals surface area contributed by atoms with Crippen LogP contribution in [0.25, 0.3) is 0 Å². The van der Waals surface area contributed by atoms with Crippen LogP contribution in [0, 0.1) is 15.9 Å². The lowest BCUT2D eigenvalue weighted by Gasteiger charge is -2.36. The molecule has 7 nitrogen and oxygen atoms in total. The molecule has 116 valence electrons. The molecule has 0 radical (unpaired) electrons. The fraction of sp³-hybridized carbons (Fsp3) is 0.462. The summed E-state index contributed by atoms with van der Waals surface area (Å²) in [6, 6.07) is 1.87. The van der Waals surface area contributed by atoms with E-state index in [1.807, 2.05) is 0 Å². The van der Waals surface area contributed by atoms with E-state index in [9.17, 15) is 19.3 Å². The monoisotopic (exact) mass is 300 g/mol. The van der Waals surface area contributed by atoms with Crippen LogP contribution in [0.15, 0.2) is 12.1 Å². The molecule has 0 aliphatic carbocycles. The molecule has 0 aliphatic rings. The smallest absolute Gasteiger partial charge is 0.323 e. The minimum atomic E-state index is -1.14. The van der Waals surface area contributed by atoms with Crippen molar-refractivity contribution in [3.63, 3.8) is 0 Å². The summed E-state index contributed by atoms with van der Waals surface area (Å²) in [5.74, 6) is -2.14. The van der Waals surface area contributed by atoms with Gasteiger partial charge in [-0.05, 0) is 20.8 Å².